The van der Waals surface area contributed by atoms with Crippen molar-refractivity contribution < 1.29 is 0 Å². The summed E-state index contributed by atoms with van der Waals surface area (Å²) < 4.78 is 0. The predicted octanol–water partition coefficient (Wildman–Crippen LogP) is 9.44. The van der Waals surface area contributed by atoms with Crippen molar-refractivity contribution in [3.63, 3.8) is 0 Å². The molecule has 4 rings (SSSR count). The van der Waals surface area contributed by atoms with Gasteiger partial charge in [0.2, 0.25) is 0 Å². The first-order chi connectivity index (χ1) is 14.4. The summed E-state index contributed by atoms with van der Waals surface area (Å²) in [6, 6.07) is 0. The van der Waals surface area contributed by atoms with Crippen LogP contribution in [0.5, 0.6) is 0 Å². The lowest BCUT2D eigenvalue weighted by atomic mass is 9.54. The Kier molecular flexibility index (Phi) is 7.41. The first-order valence-corrected chi connectivity index (χ1v) is 14.1. The first-order valence-electron chi connectivity index (χ1n) is 14.1. The van der Waals surface area contributed by atoms with Crippen molar-refractivity contribution in [1.82, 2.24) is 0 Å². The highest BCUT2D eigenvalue weighted by molar-refractivity contribution is 5.14. The minimum atomic E-state index is 0.647. The summed E-state index contributed by atoms with van der Waals surface area (Å²) in [4.78, 5) is 0. The van der Waals surface area contributed by atoms with Crippen LogP contribution in [0.15, 0.2) is 11.6 Å². The van der Waals surface area contributed by atoms with Crippen LogP contribution in [0.2, 0.25) is 0 Å². The molecule has 30 heavy (non-hydrogen) atoms. The molecule has 172 valence electrons. The maximum absolute atomic E-state index is 2.81. The zero-order valence-electron chi connectivity index (χ0n) is 21.1. The lowest BCUT2D eigenvalue weighted by Crippen LogP contribution is -2.43. The second-order valence-corrected chi connectivity index (χ2v) is 12.9. The number of hydrogen-bond acceptors (Lipinski definition) is 0. The lowest BCUT2D eigenvalue weighted by Gasteiger charge is -2.51. The molecule has 3 fully saturated rings. The summed E-state index contributed by atoms with van der Waals surface area (Å²) in [5.74, 6) is 7.83. The van der Waals surface area contributed by atoms with Crippen LogP contribution in [0.1, 0.15) is 125 Å². The van der Waals surface area contributed by atoms with E-state index >= 15 is 0 Å². The van der Waals surface area contributed by atoms with E-state index < -0.39 is 0 Å². The lowest BCUT2D eigenvalue weighted by molar-refractivity contribution is -0.00874. The Morgan fingerprint density at radius 1 is 0.967 bits per heavy atom. The van der Waals surface area contributed by atoms with E-state index in [4.69, 9.17) is 0 Å². The van der Waals surface area contributed by atoms with Gasteiger partial charge in [-0.05, 0) is 117 Å². The standard InChI is InChI=1S/C30H52/c1-6-23-10-11-24-12-13-25-18-19-30(5)28(22(4)9-7-8-21(2)3)16-17-29(30)27(25)15-14-26(24)20-23/h14,21-25,27-29H,6-13,15-20H2,1-5H3/b26-14-/t22?,23-,24-,25?,27?,28+,29?,30+/m0/s1. The molecule has 4 aliphatic rings. The maximum Gasteiger partial charge on any atom is -0.0203 e. The second-order valence-electron chi connectivity index (χ2n) is 12.9. The molecular formula is C30H52. The minimum Gasteiger partial charge on any atom is -0.0847 e. The average Bonchev–Trinajstić information content (AvgIpc) is 3.06. The van der Waals surface area contributed by atoms with E-state index in [9.17, 15) is 0 Å². The molecule has 0 heteroatoms. The summed E-state index contributed by atoms with van der Waals surface area (Å²) in [5.41, 5.74) is 2.55. The number of fused-ring (bicyclic) bond motifs is 4. The molecule has 0 aliphatic heterocycles. The molecule has 0 spiro atoms. The largest absolute Gasteiger partial charge is 0.0847 e. The van der Waals surface area contributed by atoms with Crippen LogP contribution in [-0.2, 0) is 0 Å². The van der Waals surface area contributed by atoms with Crippen LogP contribution in [0.25, 0.3) is 0 Å². The van der Waals surface area contributed by atoms with Gasteiger partial charge in [-0.2, -0.15) is 0 Å². The summed E-state index contributed by atoms with van der Waals surface area (Å²) in [5, 5.41) is 0. The SMILES string of the molecule is CC[C@H]1CC[C@H]2CCC3CC[C@@]4(C)C(CC[C@@H]4C(C)CCCC(C)C)C3C/C=C\2C1. The monoisotopic (exact) mass is 412 g/mol. The van der Waals surface area contributed by atoms with Gasteiger partial charge >= 0.3 is 0 Å². The van der Waals surface area contributed by atoms with Gasteiger partial charge in [0, 0.05) is 0 Å². The maximum atomic E-state index is 2.81. The second kappa shape index (κ2) is 9.70. The van der Waals surface area contributed by atoms with E-state index in [1.807, 2.05) is 5.57 Å². The predicted molar refractivity (Wildman–Crippen MR) is 131 cm³/mol. The molecule has 0 heterocycles. The van der Waals surface area contributed by atoms with Crippen LogP contribution < -0.4 is 0 Å². The Balaban J connectivity index is 1.45. The van der Waals surface area contributed by atoms with Crippen molar-refractivity contribution in [1.29, 1.82) is 0 Å². The van der Waals surface area contributed by atoms with Crippen molar-refractivity contribution in [3.8, 4) is 0 Å². The number of hydrogen-bond donors (Lipinski definition) is 0. The molecule has 0 aromatic carbocycles. The zero-order valence-corrected chi connectivity index (χ0v) is 21.1. The molecule has 0 radical (unpaired) electrons. The Morgan fingerprint density at radius 3 is 2.53 bits per heavy atom. The normalized spacial score (nSPS) is 44.3. The van der Waals surface area contributed by atoms with Crippen LogP contribution in [-0.4, -0.2) is 0 Å². The van der Waals surface area contributed by atoms with Gasteiger partial charge in [-0.3, -0.25) is 0 Å². The average molecular weight is 413 g/mol. The quantitative estimate of drug-likeness (QED) is 0.381. The van der Waals surface area contributed by atoms with Gasteiger partial charge < -0.3 is 0 Å². The molecule has 0 nitrogen and oxygen atoms in total. The first kappa shape index (κ1) is 22.9. The van der Waals surface area contributed by atoms with Gasteiger partial charge in [-0.25, -0.2) is 0 Å². The third kappa shape index (κ3) is 4.59. The summed E-state index contributed by atoms with van der Waals surface area (Å²) in [7, 11) is 0. The van der Waals surface area contributed by atoms with Crippen LogP contribution in [0.3, 0.4) is 0 Å². The molecular weight excluding hydrogens is 360 g/mol. The van der Waals surface area contributed by atoms with E-state index in [0.717, 1.165) is 47.3 Å². The number of allylic oxidation sites excluding steroid dienone is 2. The van der Waals surface area contributed by atoms with Crippen LogP contribution in [0.4, 0.5) is 0 Å². The summed E-state index contributed by atoms with van der Waals surface area (Å²) in [6.07, 6.45) is 23.7. The molecule has 0 saturated heterocycles. The van der Waals surface area contributed by atoms with Crippen molar-refractivity contribution in [2.24, 2.45) is 52.8 Å². The van der Waals surface area contributed by atoms with Crippen molar-refractivity contribution in [3.05, 3.63) is 11.6 Å². The van der Waals surface area contributed by atoms with Crippen LogP contribution >= 0.6 is 0 Å². The van der Waals surface area contributed by atoms with E-state index in [0.29, 0.717) is 5.41 Å². The highest BCUT2D eigenvalue weighted by atomic mass is 14.6. The van der Waals surface area contributed by atoms with Crippen molar-refractivity contribution in [2.45, 2.75) is 125 Å². The van der Waals surface area contributed by atoms with Gasteiger partial charge in [-0.1, -0.05) is 72.0 Å². The van der Waals surface area contributed by atoms with E-state index in [2.05, 4.69) is 40.7 Å². The zero-order chi connectivity index (χ0) is 21.3. The van der Waals surface area contributed by atoms with Gasteiger partial charge in [0.05, 0.1) is 0 Å². The fraction of sp³-hybridized carbons (Fsp3) is 0.933. The molecule has 0 aromatic rings. The fourth-order valence-electron chi connectivity index (χ4n) is 8.96. The smallest absolute Gasteiger partial charge is 0.0203 e. The van der Waals surface area contributed by atoms with Crippen LogP contribution in [0, 0.1) is 52.8 Å². The Hall–Kier alpha value is -0.260. The Labute approximate surface area is 189 Å². The molecule has 3 saturated carbocycles. The highest BCUT2D eigenvalue weighted by Gasteiger charge is 2.54. The third-order valence-electron chi connectivity index (χ3n) is 10.9. The fourth-order valence-corrected chi connectivity index (χ4v) is 8.96. The molecule has 0 N–H and O–H groups in total. The van der Waals surface area contributed by atoms with Gasteiger partial charge in [0.25, 0.3) is 0 Å². The third-order valence-corrected chi connectivity index (χ3v) is 10.9. The minimum absolute atomic E-state index is 0.647. The van der Waals surface area contributed by atoms with Crippen molar-refractivity contribution in [2.75, 3.05) is 0 Å². The highest BCUT2D eigenvalue weighted by Crippen LogP contribution is 2.63. The summed E-state index contributed by atoms with van der Waals surface area (Å²) in [6.45, 7) is 12.6. The Morgan fingerprint density at radius 2 is 1.77 bits per heavy atom. The van der Waals surface area contributed by atoms with E-state index in [1.54, 1.807) is 19.3 Å². The van der Waals surface area contributed by atoms with Gasteiger partial charge in [0.1, 0.15) is 0 Å². The molecule has 4 aliphatic carbocycles. The number of rotatable bonds is 6. The van der Waals surface area contributed by atoms with Crippen molar-refractivity contribution >= 4 is 0 Å². The Bertz CT molecular complexity index is 585. The summed E-state index contributed by atoms with van der Waals surface area (Å²) >= 11 is 0. The van der Waals surface area contributed by atoms with Gasteiger partial charge in [0.15, 0.2) is 0 Å². The molecule has 8 atom stereocenters. The molecule has 4 unspecified atom stereocenters. The molecule has 0 amide bonds. The van der Waals surface area contributed by atoms with E-state index in [1.165, 1.54) is 70.6 Å². The van der Waals surface area contributed by atoms with Gasteiger partial charge in [-0.15, -0.1) is 0 Å². The molecule has 0 bridgehead atoms. The topological polar surface area (TPSA) is 0 Å². The van der Waals surface area contributed by atoms with E-state index in [-0.39, 0.29) is 0 Å². The molecule has 0 aromatic heterocycles.